The van der Waals surface area contributed by atoms with Gasteiger partial charge in [0.1, 0.15) is 0 Å². The van der Waals surface area contributed by atoms with Crippen molar-refractivity contribution >= 4 is 10.9 Å². The van der Waals surface area contributed by atoms with Crippen LogP contribution in [0.5, 0.6) is 0 Å². The van der Waals surface area contributed by atoms with E-state index in [-0.39, 0.29) is 10.8 Å². The highest BCUT2D eigenvalue weighted by Gasteiger charge is 2.20. The standard InChI is InChI=1S/C26H25NO/c1-26(2,3)20-15-16-22-21(17-20)25(28)23(18-11-7-5-8-12-18)24(27(22)4)19-13-9-6-10-14-19/h5-17H,1-4H3. The molecule has 0 N–H and O–H groups in total. The highest BCUT2D eigenvalue weighted by molar-refractivity contribution is 5.92. The van der Waals surface area contributed by atoms with Crippen LogP contribution in [0.2, 0.25) is 0 Å². The Morgan fingerprint density at radius 2 is 1.32 bits per heavy atom. The summed E-state index contributed by atoms with van der Waals surface area (Å²) in [6.07, 6.45) is 0. The van der Waals surface area contributed by atoms with Crippen molar-refractivity contribution in [2.45, 2.75) is 26.2 Å². The van der Waals surface area contributed by atoms with E-state index in [4.69, 9.17) is 0 Å². The summed E-state index contributed by atoms with van der Waals surface area (Å²) < 4.78 is 2.15. The molecule has 0 bridgehead atoms. The maximum absolute atomic E-state index is 13.7. The van der Waals surface area contributed by atoms with Crippen LogP contribution >= 0.6 is 0 Å². The number of nitrogens with zero attached hydrogens (tertiary/aromatic N) is 1. The van der Waals surface area contributed by atoms with Crippen molar-refractivity contribution in [3.05, 3.63) is 94.6 Å². The van der Waals surface area contributed by atoms with Crippen LogP contribution in [0, 0.1) is 0 Å². The van der Waals surface area contributed by atoms with Gasteiger partial charge >= 0.3 is 0 Å². The second-order valence-electron chi connectivity index (χ2n) is 8.33. The summed E-state index contributed by atoms with van der Waals surface area (Å²) >= 11 is 0. The molecule has 0 aliphatic rings. The highest BCUT2D eigenvalue weighted by atomic mass is 16.1. The van der Waals surface area contributed by atoms with Gasteiger partial charge < -0.3 is 4.57 Å². The predicted molar refractivity (Wildman–Crippen MR) is 119 cm³/mol. The third-order valence-corrected chi connectivity index (χ3v) is 5.38. The third-order valence-electron chi connectivity index (χ3n) is 5.38. The van der Waals surface area contributed by atoms with E-state index in [1.54, 1.807) is 0 Å². The zero-order valence-electron chi connectivity index (χ0n) is 16.9. The first-order chi connectivity index (χ1) is 13.4. The van der Waals surface area contributed by atoms with Crippen LogP contribution in [-0.2, 0) is 12.5 Å². The topological polar surface area (TPSA) is 22.0 Å². The van der Waals surface area contributed by atoms with E-state index in [1.807, 2.05) is 55.6 Å². The van der Waals surface area contributed by atoms with Gasteiger partial charge in [-0.05, 0) is 34.2 Å². The Hall–Kier alpha value is -3.13. The highest BCUT2D eigenvalue weighted by Crippen LogP contribution is 2.33. The molecule has 0 atom stereocenters. The zero-order chi connectivity index (χ0) is 19.9. The monoisotopic (exact) mass is 367 g/mol. The van der Waals surface area contributed by atoms with Crippen molar-refractivity contribution in [1.29, 1.82) is 0 Å². The smallest absolute Gasteiger partial charge is 0.197 e. The Morgan fingerprint density at radius 3 is 1.89 bits per heavy atom. The maximum Gasteiger partial charge on any atom is 0.197 e. The van der Waals surface area contributed by atoms with Crippen molar-refractivity contribution in [2.75, 3.05) is 0 Å². The minimum Gasteiger partial charge on any atom is -0.343 e. The third kappa shape index (κ3) is 3.05. The van der Waals surface area contributed by atoms with Crippen molar-refractivity contribution in [1.82, 2.24) is 4.57 Å². The van der Waals surface area contributed by atoms with Crippen LogP contribution in [0.3, 0.4) is 0 Å². The van der Waals surface area contributed by atoms with Crippen molar-refractivity contribution in [2.24, 2.45) is 7.05 Å². The molecule has 0 fully saturated rings. The number of aryl methyl sites for hydroxylation is 1. The molecule has 2 heteroatoms. The molecule has 0 saturated heterocycles. The average Bonchev–Trinajstić information content (AvgIpc) is 2.70. The van der Waals surface area contributed by atoms with Gasteiger partial charge in [-0.3, -0.25) is 4.79 Å². The average molecular weight is 367 g/mol. The number of hydrogen-bond donors (Lipinski definition) is 0. The fraction of sp³-hybridized carbons (Fsp3) is 0.192. The van der Waals surface area contributed by atoms with Crippen molar-refractivity contribution in [3.8, 4) is 22.4 Å². The predicted octanol–water partition coefficient (Wildman–Crippen LogP) is 6.17. The minimum absolute atomic E-state index is 0.00971. The van der Waals surface area contributed by atoms with Gasteiger partial charge in [-0.25, -0.2) is 0 Å². The molecule has 2 nitrogen and oxygen atoms in total. The number of fused-ring (bicyclic) bond motifs is 1. The van der Waals surface area contributed by atoms with E-state index in [2.05, 4.69) is 55.7 Å². The van der Waals surface area contributed by atoms with E-state index < -0.39 is 0 Å². The zero-order valence-corrected chi connectivity index (χ0v) is 16.9. The second kappa shape index (κ2) is 6.79. The quantitative estimate of drug-likeness (QED) is 0.415. The Balaban J connectivity index is 2.16. The molecule has 28 heavy (non-hydrogen) atoms. The minimum atomic E-state index is -0.00971. The van der Waals surface area contributed by atoms with Crippen LogP contribution in [0.1, 0.15) is 26.3 Å². The lowest BCUT2D eigenvalue weighted by atomic mass is 9.85. The molecule has 140 valence electrons. The summed E-state index contributed by atoms with van der Waals surface area (Å²) in [7, 11) is 2.05. The SMILES string of the molecule is Cn1c(-c2ccccc2)c(-c2ccccc2)c(=O)c2cc(C(C)(C)C)ccc21. The molecule has 1 heterocycles. The number of aromatic nitrogens is 1. The summed E-state index contributed by atoms with van der Waals surface area (Å²) in [5.41, 5.74) is 5.90. The summed E-state index contributed by atoms with van der Waals surface area (Å²) in [5.74, 6) is 0. The molecule has 4 rings (SSSR count). The van der Waals surface area contributed by atoms with Gasteiger partial charge in [-0.2, -0.15) is 0 Å². The van der Waals surface area contributed by atoms with Gasteiger partial charge in [0.2, 0.25) is 0 Å². The summed E-state index contributed by atoms with van der Waals surface area (Å²) in [6, 6.07) is 26.4. The van der Waals surface area contributed by atoms with Gasteiger partial charge in [0.25, 0.3) is 0 Å². The second-order valence-corrected chi connectivity index (χ2v) is 8.33. The molecule has 0 aliphatic heterocycles. The summed E-state index contributed by atoms with van der Waals surface area (Å²) in [6.45, 7) is 6.53. The lowest BCUT2D eigenvalue weighted by molar-refractivity contribution is 0.591. The van der Waals surface area contributed by atoms with Gasteiger partial charge in [-0.1, -0.05) is 87.5 Å². The molecule has 0 aliphatic carbocycles. The summed E-state index contributed by atoms with van der Waals surface area (Å²) in [4.78, 5) is 13.7. The Bertz CT molecular complexity index is 1200. The van der Waals surface area contributed by atoms with Crippen molar-refractivity contribution < 1.29 is 0 Å². The van der Waals surface area contributed by atoms with E-state index in [0.717, 1.165) is 33.3 Å². The number of rotatable bonds is 2. The lowest BCUT2D eigenvalue weighted by Gasteiger charge is -2.22. The largest absolute Gasteiger partial charge is 0.343 e. The molecule has 4 aromatic rings. The number of benzene rings is 3. The van der Waals surface area contributed by atoms with Crippen LogP contribution < -0.4 is 5.43 Å². The first-order valence-corrected chi connectivity index (χ1v) is 9.66. The van der Waals surface area contributed by atoms with Gasteiger partial charge in [0.15, 0.2) is 5.43 Å². The van der Waals surface area contributed by atoms with Crippen LogP contribution in [0.15, 0.2) is 83.7 Å². The van der Waals surface area contributed by atoms with E-state index in [9.17, 15) is 4.79 Å². The Kier molecular flexibility index (Phi) is 4.43. The molecule has 0 unspecified atom stereocenters. The van der Waals surface area contributed by atoms with Crippen LogP contribution in [-0.4, -0.2) is 4.57 Å². The van der Waals surface area contributed by atoms with Gasteiger partial charge in [-0.15, -0.1) is 0 Å². The molecule has 0 spiro atoms. The van der Waals surface area contributed by atoms with E-state index >= 15 is 0 Å². The van der Waals surface area contributed by atoms with Crippen LogP contribution in [0.4, 0.5) is 0 Å². The normalized spacial score (nSPS) is 11.7. The first kappa shape index (κ1) is 18.2. The molecule has 0 radical (unpaired) electrons. The van der Waals surface area contributed by atoms with Gasteiger partial charge in [0.05, 0.1) is 16.8 Å². The summed E-state index contributed by atoms with van der Waals surface area (Å²) in [5, 5.41) is 0.772. The Morgan fingerprint density at radius 1 is 0.750 bits per heavy atom. The Labute approximate surface area is 166 Å². The number of hydrogen-bond acceptors (Lipinski definition) is 1. The van der Waals surface area contributed by atoms with Crippen molar-refractivity contribution in [3.63, 3.8) is 0 Å². The van der Waals surface area contributed by atoms with E-state index in [0.29, 0.717) is 0 Å². The molecule has 3 aromatic carbocycles. The number of pyridine rings is 1. The lowest BCUT2D eigenvalue weighted by Crippen LogP contribution is -2.17. The maximum atomic E-state index is 13.7. The molecular weight excluding hydrogens is 342 g/mol. The molecule has 0 amide bonds. The first-order valence-electron chi connectivity index (χ1n) is 9.66. The van der Waals surface area contributed by atoms with E-state index in [1.165, 1.54) is 5.56 Å². The fourth-order valence-corrected chi connectivity index (χ4v) is 3.81. The van der Waals surface area contributed by atoms with Gasteiger partial charge in [0, 0.05) is 12.4 Å². The molecule has 1 aromatic heterocycles. The molecule has 0 saturated carbocycles. The van der Waals surface area contributed by atoms with Crippen LogP contribution in [0.25, 0.3) is 33.3 Å². The molecular formula is C26H25NO. The fourth-order valence-electron chi connectivity index (χ4n) is 3.81.